The van der Waals surface area contributed by atoms with Gasteiger partial charge in [-0.2, -0.15) is 0 Å². The summed E-state index contributed by atoms with van der Waals surface area (Å²) in [4.78, 5) is 52.3. The van der Waals surface area contributed by atoms with Crippen molar-refractivity contribution >= 4 is 34.8 Å². The van der Waals surface area contributed by atoms with Gasteiger partial charge in [0.2, 0.25) is 0 Å². The van der Waals surface area contributed by atoms with Gasteiger partial charge in [0.05, 0.1) is 30.1 Å². The molecule has 2 aromatic heterocycles. The van der Waals surface area contributed by atoms with E-state index in [1.165, 1.54) is 30.3 Å². The van der Waals surface area contributed by atoms with Crippen LogP contribution in [-0.4, -0.2) is 76.2 Å². The highest BCUT2D eigenvalue weighted by atomic mass is 16.6. The van der Waals surface area contributed by atoms with Crippen molar-refractivity contribution in [1.82, 2.24) is 35.9 Å². The summed E-state index contributed by atoms with van der Waals surface area (Å²) in [5.41, 5.74) is 0.948. The van der Waals surface area contributed by atoms with E-state index < -0.39 is 29.5 Å². The summed E-state index contributed by atoms with van der Waals surface area (Å²) in [7, 11) is 1.24. The van der Waals surface area contributed by atoms with Gasteiger partial charge < -0.3 is 25.4 Å². The minimum Gasteiger partial charge on any atom is -0.468 e. The Hall–Kier alpha value is -4.55. The number of ether oxygens (including phenoxy) is 2. The van der Waals surface area contributed by atoms with E-state index in [-0.39, 0.29) is 12.2 Å². The number of carbonyl (C=O) groups excluding carboxylic acids is 4. The zero-order valence-corrected chi connectivity index (χ0v) is 21.0. The third kappa shape index (κ3) is 7.72. The fraction of sp³-hybridized carbons (Fsp3) is 0.375. The zero-order valence-electron chi connectivity index (χ0n) is 21.0. The Kier molecular flexibility index (Phi) is 8.72. The van der Waals surface area contributed by atoms with Crippen LogP contribution in [0.5, 0.6) is 0 Å². The Labute approximate surface area is 212 Å². The lowest BCUT2D eigenvalue weighted by Gasteiger charge is -2.19. The predicted octanol–water partition coefficient (Wildman–Crippen LogP) is 1.36. The maximum atomic E-state index is 12.6. The first-order valence-electron chi connectivity index (χ1n) is 11.5. The maximum Gasteiger partial charge on any atom is 0.407 e. The molecule has 3 aromatic rings. The molecule has 0 spiro atoms. The van der Waals surface area contributed by atoms with E-state index >= 15 is 0 Å². The molecule has 196 valence electrons. The zero-order chi connectivity index (χ0) is 27.0. The Balaban J connectivity index is 1.61. The largest absolute Gasteiger partial charge is 0.468 e. The molecule has 0 unspecified atom stereocenters. The number of carbonyl (C=O) groups is 4. The van der Waals surface area contributed by atoms with Crippen molar-refractivity contribution in [2.24, 2.45) is 0 Å². The predicted molar refractivity (Wildman–Crippen MR) is 132 cm³/mol. The molecule has 0 aliphatic heterocycles. The van der Waals surface area contributed by atoms with Crippen LogP contribution in [0.2, 0.25) is 0 Å². The standard InChI is InChI=1S/C24H29N7O6/c1-24(2,3)37-23(35)27-10-5-9-26-22(34)19-14-31(30-29-19)15-6-7-18-17(12-15)16(8-11-25-18)21(33)28-13-20(32)36-4/h6-8,11-12,14H,5,9-10,13H2,1-4H3,(H,26,34)(H,27,35)(H,28,33). The van der Waals surface area contributed by atoms with Gasteiger partial charge in [-0.05, 0) is 51.5 Å². The number of nitrogens with zero attached hydrogens (tertiary/aromatic N) is 4. The minimum atomic E-state index is -0.579. The van der Waals surface area contributed by atoms with E-state index in [9.17, 15) is 19.2 Å². The van der Waals surface area contributed by atoms with Gasteiger partial charge in [0.1, 0.15) is 12.1 Å². The van der Waals surface area contributed by atoms with Crippen molar-refractivity contribution in [3.8, 4) is 5.69 Å². The van der Waals surface area contributed by atoms with Crippen molar-refractivity contribution in [3.63, 3.8) is 0 Å². The van der Waals surface area contributed by atoms with E-state index in [4.69, 9.17) is 4.74 Å². The topological polar surface area (TPSA) is 166 Å². The Morgan fingerprint density at radius 3 is 2.49 bits per heavy atom. The number of methoxy groups -OCH3 is 1. The molecule has 0 atom stereocenters. The molecule has 0 radical (unpaired) electrons. The molecule has 0 bridgehead atoms. The van der Waals surface area contributed by atoms with Gasteiger partial charge in [-0.25, -0.2) is 9.48 Å². The number of amides is 3. The van der Waals surface area contributed by atoms with Gasteiger partial charge in [-0.1, -0.05) is 5.21 Å². The second kappa shape index (κ2) is 11.9. The Morgan fingerprint density at radius 1 is 1.00 bits per heavy atom. The second-order valence-corrected chi connectivity index (χ2v) is 8.91. The number of benzene rings is 1. The molecule has 0 saturated heterocycles. The fourth-order valence-electron chi connectivity index (χ4n) is 3.17. The molecule has 0 saturated carbocycles. The van der Waals surface area contributed by atoms with Crippen molar-refractivity contribution in [3.05, 3.63) is 47.9 Å². The summed E-state index contributed by atoms with van der Waals surface area (Å²) in [6.45, 7) is 5.71. The number of esters is 1. The van der Waals surface area contributed by atoms with Crippen LogP contribution in [0.4, 0.5) is 4.79 Å². The highest BCUT2D eigenvalue weighted by molar-refractivity contribution is 6.07. The van der Waals surface area contributed by atoms with E-state index in [2.05, 4.69) is 36.0 Å². The molecule has 13 nitrogen and oxygen atoms in total. The molecule has 3 amide bonds. The van der Waals surface area contributed by atoms with Crippen LogP contribution in [0, 0.1) is 0 Å². The highest BCUT2D eigenvalue weighted by Crippen LogP contribution is 2.20. The van der Waals surface area contributed by atoms with Crippen LogP contribution in [0.1, 0.15) is 48.0 Å². The maximum absolute atomic E-state index is 12.6. The number of nitrogens with one attached hydrogen (secondary N) is 3. The molecule has 3 rings (SSSR count). The number of alkyl carbamates (subject to hydrolysis) is 1. The summed E-state index contributed by atoms with van der Waals surface area (Å²) in [5.74, 6) is -1.45. The molecule has 1 aromatic carbocycles. The highest BCUT2D eigenvalue weighted by Gasteiger charge is 2.17. The van der Waals surface area contributed by atoms with Crippen LogP contribution >= 0.6 is 0 Å². The third-order valence-electron chi connectivity index (χ3n) is 4.89. The SMILES string of the molecule is COC(=O)CNC(=O)c1ccnc2ccc(-n3cc(C(=O)NCCCNC(=O)OC(C)(C)C)nn3)cc12. The van der Waals surface area contributed by atoms with Crippen LogP contribution in [0.3, 0.4) is 0 Å². The van der Waals surface area contributed by atoms with Crippen molar-refractivity contribution < 1.29 is 28.7 Å². The number of hydrogen-bond acceptors (Lipinski definition) is 9. The van der Waals surface area contributed by atoms with Gasteiger partial charge in [0, 0.05) is 24.7 Å². The smallest absolute Gasteiger partial charge is 0.407 e. The summed E-state index contributed by atoms with van der Waals surface area (Å²) >= 11 is 0. The molecule has 0 fully saturated rings. The molecule has 0 aliphatic carbocycles. The molecule has 2 heterocycles. The van der Waals surface area contributed by atoms with Gasteiger partial charge in [-0.15, -0.1) is 5.10 Å². The van der Waals surface area contributed by atoms with Crippen LogP contribution in [-0.2, 0) is 14.3 Å². The lowest BCUT2D eigenvalue weighted by Crippen LogP contribution is -2.34. The summed E-state index contributed by atoms with van der Waals surface area (Å²) < 4.78 is 11.1. The summed E-state index contributed by atoms with van der Waals surface area (Å²) in [5, 5.41) is 16.3. The molecule has 13 heteroatoms. The average Bonchev–Trinajstić information content (AvgIpc) is 3.35. The third-order valence-corrected chi connectivity index (χ3v) is 4.89. The molecule has 37 heavy (non-hydrogen) atoms. The molecule has 3 N–H and O–H groups in total. The average molecular weight is 512 g/mol. The first kappa shape index (κ1) is 27.0. The normalized spacial score (nSPS) is 11.0. The number of fused-ring (bicyclic) bond motifs is 1. The lowest BCUT2D eigenvalue weighted by molar-refractivity contribution is -0.139. The lowest BCUT2D eigenvalue weighted by atomic mass is 10.1. The van der Waals surface area contributed by atoms with Gasteiger partial charge >= 0.3 is 12.1 Å². The van der Waals surface area contributed by atoms with E-state index in [1.54, 1.807) is 39.0 Å². The number of pyridine rings is 1. The molecular formula is C24H29N7O6. The van der Waals surface area contributed by atoms with Crippen LogP contribution in [0.25, 0.3) is 16.6 Å². The quantitative estimate of drug-likeness (QED) is 0.284. The Morgan fingerprint density at radius 2 is 1.76 bits per heavy atom. The van der Waals surface area contributed by atoms with Crippen molar-refractivity contribution in [2.45, 2.75) is 32.8 Å². The first-order valence-corrected chi connectivity index (χ1v) is 11.5. The monoisotopic (exact) mass is 511 g/mol. The second-order valence-electron chi connectivity index (χ2n) is 8.91. The Bertz CT molecular complexity index is 1300. The van der Waals surface area contributed by atoms with Crippen LogP contribution in [0.15, 0.2) is 36.7 Å². The van der Waals surface area contributed by atoms with Gasteiger partial charge in [-0.3, -0.25) is 19.4 Å². The van der Waals surface area contributed by atoms with Crippen molar-refractivity contribution in [2.75, 3.05) is 26.7 Å². The molecule has 0 aliphatic rings. The molecular weight excluding hydrogens is 482 g/mol. The minimum absolute atomic E-state index is 0.0995. The van der Waals surface area contributed by atoms with E-state index in [0.717, 1.165) is 0 Å². The number of hydrogen-bond donors (Lipinski definition) is 3. The van der Waals surface area contributed by atoms with E-state index in [0.29, 0.717) is 41.7 Å². The first-order chi connectivity index (χ1) is 17.6. The van der Waals surface area contributed by atoms with Gasteiger partial charge in [0.25, 0.3) is 11.8 Å². The van der Waals surface area contributed by atoms with Crippen LogP contribution < -0.4 is 16.0 Å². The summed E-state index contributed by atoms with van der Waals surface area (Å²) in [6.07, 6.45) is 2.94. The van der Waals surface area contributed by atoms with Gasteiger partial charge in [0.15, 0.2) is 5.69 Å². The van der Waals surface area contributed by atoms with E-state index in [1.807, 2.05) is 0 Å². The summed E-state index contributed by atoms with van der Waals surface area (Å²) in [6, 6.07) is 6.66. The fourth-order valence-corrected chi connectivity index (χ4v) is 3.17. The number of aromatic nitrogens is 4. The number of rotatable bonds is 9. The van der Waals surface area contributed by atoms with Crippen molar-refractivity contribution in [1.29, 1.82) is 0 Å².